The average molecular weight is 467 g/mol. The number of nitrogens with one attached hydrogen (secondary N) is 1. The van der Waals surface area contributed by atoms with Crippen LogP contribution in [0.2, 0.25) is 0 Å². The van der Waals surface area contributed by atoms with Gasteiger partial charge in [0.15, 0.2) is 23.0 Å². The van der Waals surface area contributed by atoms with E-state index in [1.807, 2.05) is 12.1 Å². The van der Waals surface area contributed by atoms with Crippen molar-refractivity contribution in [1.29, 1.82) is 0 Å². The van der Waals surface area contributed by atoms with E-state index in [2.05, 4.69) is 39.7 Å². The van der Waals surface area contributed by atoms with E-state index in [9.17, 15) is 9.18 Å². The van der Waals surface area contributed by atoms with Crippen LogP contribution in [0.25, 0.3) is 22.2 Å². The zero-order valence-electron chi connectivity index (χ0n) is 16.4. The summed E-state index contributed by atoms with van der Waals surface area (Å²) in [6.45, 7) is 6.25. The number of fused-ring (bicyclic) bond motifs is 1. The lowest BCUT2D eigenvalue weighted by molar-refractivity contribution is 0.280. The van der Waals surface area contributed by atoms with Gasteiger partial charge < -0.3 is 14.1 Å². The second-order valence-corrected chi connectivity index (χ2v) is 8.93. The molecule has 0 aliphatic carbocycles. The lowest BCUT2D eigenvalue weighted by atomic mass is 9.82. The van der Waals surface area contributed by atoms with Crippen LogP contribution in [0.4, 0.5) is 14.5 Å². The van der Waals surface area contributed by atoms with Crippen LogP contribution in [0.3, 0.4) is 0 Å². The highest BCUT2D eigenvalue weighted by Crippen LogP contribution is 2.42. The number of benzene rings is 2. The molecule has 2 heterocycles. The number of oxazole rings is 1. The first-order valence-corrected chi connectivity index (χ1v) is 10.1. The van der Waals surface area contributed by atoms with Gasteiger partial charge in [-0.3, -0.25) is 4.98 Å². The van der Waals surface area contributed by atoms with Crippen LogP contribution in [-0.4, -0.2) is 25.2 Å². The fourth-order valence-electron chi connectivity index (χ4n) is 3.78. The minimum absolute atomic E-state index is 0.0114. The summed E-state index contributed by atoms with van der Waals surface area (Å²) in [7, 11) is 1.18. The minimum atomic E-state index is -0.995. The Balaban J connectivity index is 1.88. The molecule has 1 aliphatic heterocycles. The van der Waals surface area contributed by atoms with Gasteiger partial charge in [-0.2, -0.15) is 0 Å². The number of anilines is 1. The molecule has 5 nitrogen and oxygen atoms in total. The maximum Gasteiger partial charge on any atom is 0.417 e. The quantitative estimate of drug-likeness (QED) is 0.556. The first-order valence-electron chi connectivity index (χ1n) is 9.34. The molecule has 2 aromatic carbocycles. The summed E-state index contributed by atoms with van der Waals surface area (Å²) >= 11 is 3.58. The molecule has 0 amide bonds. The van der Waals surface area contributed by atoms with E-state index < -0.39 is 23.1 Å². The molecule has 1 saturated heterocycles. The third-order valence-corrected chi connectivity index (χ3v) is 6.28. The summed E-state index contributed by atoms with van der Waals surface area (Å²) < 4.78 is 40.6. The van der Waals surface area contributed by atoms with Gasteiger partial charge in [-0.15, -0.1) is 0 Å². The molecule has 0 radical (unpaired) electrons. The number of H-pyrrole nitrogens is 1. The van der Waals surface area contributed by atoms with E-state index in [0.717, 1.165) is 36.1 Å². The van der Waals surface area contributed by atoms with Crippen molar-refractivity contribution >= 4 is 32.7 Å². The van der Waals surface area contributed by atoms with E-state index in [4.69, 9.17) is 9.15 Å². The Morgan fingerprint density at radius 2 is 1.90 bits per heavy atom. The zero-order valence-corrected chi connectivity index (χ0v) is 18.0. The number of hydrogen-bond donors (Lipinski definition) is 1. The van der Waals surface area contributed by atoms with Gasteiger partial charge in [0.2, 0.25) is 0 Å². The molecular formula is C21H21BrF2N2O3. The first-order chi connectivity index (χ1) is 13.7. The van der Waals surface area contributed by atoms with E-state index in [-0.39, 0.29) is 22.1 Å². The topological polar surface area (TPSA) is 58.5 Å². The van der Waals surface area contributed by atoms with E-state index in [0.29, 0.717) is 5.56 Å². The second kappa shape index (κ2) is 7.16. The third-order valence-electron chi connectivity index (χ3n) is 5.61. The van der Waals surface area contributed by atoms with Crippen molar-refractivity contribution in [3.8, 4) is 16.9 Å². The van der Waals surface area contributed by atoms with Crippen molar-refractivity contribution in [3.63, 3.8) is 0 Å². The van der Waals surface area contributed by atoms with Crippen LogP contribution < -0.4 is 15.4 Å². The average Bonchev–Trinajstić information content (AvgIpc) is 3.05. The van der Waals surface area contributed by atoms with Gasteiger partial charge in [0, 0.05) is 17.6 Å². The van der Waals surface area contributed by atoms with Crippen LogP contribution in [0, 0.1) is 17.0 Å². The SMILES string of the molecule is COc1c(F)c(-c2ccc(Br)c(N3CCC(C)(C)CC3)c2)c2oc(=O)[nH]c2c1F. The lowest BCUT2D eigenvalue weighted by Crippen LogP contribution is -2.37. The Morgan fingerprint density at radius 1 is 1.21 bits per heavy atom. The molecule has 0 unspecified atom stereocenters. The highest BCUT2D eigenvalue weighted by molar-refractivity contribution is 9.10. The molecule has 4 rings (SSSR count). The molecule has 1 N–H and O–H groups in total. The van der Waals surface area contributed by atoms with Crippen LogP contribution in [-0.2, 0) is 0 Å². The molecule has 1 aromatic heterocycles. The molecule has 0 atom stereocenters. The third kappa shape index (κ3) is 3.43. The molecule has 0 saturated carbocycles. The van der Waals surface area contributed by atoms with Crippen molar-refractivity contribution in [1.82, 2.24) is 4.98 Å². The monoisotopic (exact) mass is 466 g/mol. The maximum atomic E-state index is 15.2. The molecule has 0 bridgehead atoms. The number of halogens is 3. The normalized spacial score (nSPS) is 16.4. The number of aromatic amines is 1. The summed E-state index contributed by atoms with van der Waals surface area (Å²) in [5.74, 6) is -3.32. The molecule has 29 heavy (non-hydrogen) atoms. The number of rotatable bonds is 3. The predicted octanol–water partition coefficient (Wildman–Crippen LogP) is 5.46. The summed E-state index contributed by atoms with van der Waals surface area (Å²) in [5.41, 5.74) is 1.27. The Bertz CT molecular complexity index is 1140. The minimum Gasteiger partial charge on any atom is -0.491 e. The predicted molar refractivity (Wildman–Crippen MR) is 112 cm³/mol. The Labute approximate surface area is 174 Å². The summed E-state index contributed by atoms with van der Waals surface area (Å²) in [6, 6.07) is 5.34. The number of ether oxygens (including phenoxy) is 1. The summed E-state index contributed by atoms with van der Waals surface area (Å²) in [5, 5.41) is 0. The number of piperidine rings is 1. The van der Waals surface area contributed by atoms with Gasteiger partial charge >= 0.3 is 5.76 Å². The van der Waals surface area contributed by atoms with Crippen LogP contribution >= 0.6 is 15.9 Å². The summed E-state index contributed by atoms with van der Waals surface area (Å²) in [6.07, 6.45) is 2.08. The van der Waals surface area contributed by atoms with Gasteiger partial charge in [-0.25, -0.2) is 13.6 Å². The lowest BCUT2D eigenvalue weighted by Gasteiger charge is -2.38. The number of aromatic nitrogens is 1. The van der Waals surface area contributed by atoms with Gasteiger partial charge in [-0.05, 0) is 51.9 Å². The van der Waals surface area contributed by atoms with Crippen LogP contribution in [0.5, 0.6) is 5.75 Å². The molecule has 3 aromatic rings. The van der Waals surface area contributed by atoms with E-state index in [1.54, 1.807) is 6.07 Å². The number of methoxy groups -OCH3 is 1. The van der Waals surface area contributed by atoms with E-state index >= 15 is 4.39 Å². The molecule has 0 spiro atoms. The smallest absolute Gasteiger partial charge is 0.417 e. The van der Waals surface area contributed by atoms with Gasteiger partial charge in [-0.1, -0.05) is 19.9 Å². The fourth-order valence-corrected chi connectivity index (χ4v) is 4.28. The van der Waals surface area contributed by atoms with Crippen molar-refractivity contribution in [2.75, 3.05) is 25.1 Å². The Morgan fingerprint density at radius 3 is 2.55 bits per heavy atom. The highest BCUT2D eigenvalue weighted by Gasteiger charge is 2.28. The molecule has 154 valence electrons. The molecule has 8 heteroatoms. The number of nitrogens with zero attached hydrogens (tertiary/aromatic N) is 1. The van der Waals surface area contributed by atoms with Crippen molar-refractivity contribution in [3.05, 3.63) is 44.9 Å². The van der Waals surface area contributed by atoms with E-state index in [1.165, 1.54) is 7.11 Å². The van der Waals surface area contributed by atoms with Crippen LogP contribution in [0.1, 0.15) is 26.7 Å². The molecular weight excluding hydrogens is 446 g/mol. The zero-order chi connectivity index (χ0) is 20.9. The van der Waals surface area contributed by atoms with Gasteiger partial charge in [0.05, 0.1) is 18.4 Å². The van der Waals surface area contributed by atoms with Gasteiger partial charge in [0.25, 0.3) is 0 Å². The highest BCUT2D eigenvalue weighted by atomic mass is 79.9. The van der Waals surface area contributed by atoms with Crippen molar-refractivity contribution in [2.45, 2.75) is 26.7 Å². The summed E-state index contributed by atoms with van der Waals surface area (Å²) in [4.78, 5) is 16.2. The largest absolute Gasteiger partial charge is 0.491 e. The Hall–Kier alpha value is -2.35. The maximum absolute atomic E-state index is 15.2. The molecule has 1 aliphatic rings. The first kappa shape index (κ1) is 19.9. The Kier molecular flexibility index (Phi) is 4.93. The van der Waals surface area contributed by atoms with Crippen molar-refractivity contribution < 1.29 is 17.9 Å². The number of hydrogen-bond acceptors (Lipinski definition) is 4. The second-order valence-electron chi connectivity index (χ2n) is 8.07. The van der Waals surface area contributed by atoms with Gasteiger partial charge in [0.1, 0.15) is 5.52 Å². The standard InChI is InChI=1S/C21H21BrF2N2O3/c1-21(2)6-8-26(9-7-21)13-10-11(4-5-12(13)22)14-15(23)19(28-3)16(24)17-18(14)29-20(27)25-17/h4-5,10H,6-9H2,1-3H3,(H,25,27). The fraction of sp³-hybridized carbons (Fsp3) is 0.381. The molecule has 1 fully saturated rings. The van der Waals surface area contributed by atoms with Crippen LogP contribution in [0.15, 0.2) is 31.9 Å². The van der Waals surface area contributed by atoms with Crippen molar-refractivity contribution in [2.24, 2.45) is 5.41 Å².